The average Bonchev–Trinajstić information content (AvgIpc) is 2.78. The molecule has 1 aliphatic rings. The minimum absolute atomic E-state index is 0.0234. The van der Waals surface area contributed by atoms with Crippen molar-refractivity contribution in [3.63, 3.8) is 0 Å². The van der Waals surface area contributed by atoms with Crippen molar-refractivity contribution in [2.45, 2.75) is 32.1 Å². The largest absolute Gasteiger partial charge is 0.494 e. The molecule has 31 heavy (non-hydrogen) atoms. The summed E-state index contributed by atoms with van der Waals surface area (Å²) >= 11 is 5.84. The molecule has 7 heteroatoms. The van der Waals surface area contributed by atoms with E-state index in [0.717, 1.165) is 50.3 Å². The van der Waals surface area contributed by atoms with Crippen LogP contribution in [0.15, 0.2) is 48.5 Å². The summed E-state index contributed by atoms with van der Waals surface area (Å²) in [7, 11) is 0. The number of piperidine rings is 1. The van der Waals surface area contributed by atoms with E-state index in [-0.39, 0.29) is 17.7 Å². The number of likely N-dealkylation sites (tertiary alicyclic amines) is 1. The first-order valence-corrected chi connectivity index (χ1v) is 11.2. The predicted octanol–water partition coefficient (Wildman–Crippen LogP) is 3.88. The lowest BCUT2D eigenvalue weighted by Gasteiger charge is -2.30. The Kier molecular flexibility index (Phi) is 8.74. The molecule has 0 aromatic heterocycles. The molecule has 2 aromatic carbocycles. The van der Waals surface area contributed by atoms with Crippen LogP contribution >= 0.6 is 11.6 Å². The van der Waals surface area contributed by atoms with Gasteiger partial charge in [-0.05, 0) is 80.7 Å². The van der Waals surface area contributed by atoms with Gasteiger partial charge >= 0.3 is 0 Å². The lowest BCUT2D eigenvalue weighted by molar-refractivity contribution is -0.123. The predicted molar refractivity (Wildman–Crippen MR) is 123 cm³/mol. The minimum Gasteiger partial charge on any atom is -0.494 e. The number of carbonyl (C=O) groups is 2. The third kappa shape index (κ3) is 7.89. The van der Waals surface area contributed by atoms with Crippen molar-refractivity contribution in [3.05, 3.63) is 59.1 Å². The zero-order chi connectivity index (χ0) is 22.1. The molecule has 2 amide bonds. The second-order valence-electron chi connectivity index (χ2n) is 7.92. The number of primary amides is 1. The normalized spacial score (nSPS) is 14.9. The van der Waals surface area contributed by atoms with Crippen molar-refractivity contribution in [1.82, 2.24) is 4.90 Å². The highest BCUT2D eigenvalue weighted by Gasteiger charge is 2.22. The molecule has 166 valence electrons. The molecule has 0 atom stereocenters. The first kappa shape index (κ1) is 23.1. The quantitative estimate of drug-likeness (QED) is 0.546. The summed E-state index contributed by atoms with van der Waals surface area (Å²) < 4.78 is 5.61. The van der Waals surface area contributed by atoms with E-state index in [0.29, 0.717) is 24.5 Å². The fourth-order valence-corrected chi connectivity index (χ4v) is 3.79. The van der Waals surface area contributed by atoms with Gasteiger partial charge in [0.25, 0.3) is 0 Å². The molecular formula is C24H30ClN3O3. The molecule has 3 rings (SSSR count). The molecule has 0 unspecified atom stereocenters. The SMILES string of the molecule is NC(=O)C1CCN(CCc2ccc(NC(=O)CCCOc3ccc(Cl)cc3)cc2)CC1. The zero-order valence-corrected chi connectivity index (χ0v) is 18.4. The van der Waals surface area contributed by atoms with Crippen LogP contribution in [0.1, 0.15) is 31.2 Å². The van der Waals surface area contributed by atoms with Crippen LogP contribution in [0.4, 0.5) is 5.69 Å². The second kappa shape index (κ2) is 11.7. The molecule has 1 aliphatic heterocycles. The minimum atomic E-state index is -0.175. The van der Waals surface area contributed by atoms with E-state index in [4.69, 9.17) is 22.1 Å². The van der Waals surface area contributed by atoms with Crippen molar-refractivity contribution in [2.75, 3.05) is 31.6 Å². The molecular weight excluding hydrogens is 414 g/mol. The molecule has 2 aromatic rings. The highest BCUT2D eigenvalue weighted by atomic mass is 35.5. The third-order valence-electron chi connectivity index (χ3n) is 5.57. The van der Waals surface area contributed by atoms with Gasteiger partial charge < -0.3 is 20.7 Å². The number of ether oxygens (including phenoxy) is 1. The summed E-state index contributed by atoms with van der Waals surface area (Å²) in [5, 5.41) is 3.60. The zero-order valence-electron chi connectivity index (χ0n) is 17.7. The standard InChI is InChI=1S/C24H30ClN3O3/c25-20-5-9-22(10-6-20)31-17-1-2-23(29)27-21-7-3-18(4-8-21)11-14-28-15-12-19(13-16-28)24(26)30/h3-10,19H,1-2,11-17H2,(H2,26,30)(H,27,29). The molecule has 0 bridgehead atoms. The highest BCUT2D eigenvalue weighted by molar-refractivity contribution is 6.30. The monoisotopic (exact) mass is 443 g/mol. The fraction of sp³-hybridized carbons (Fsp3) is 0.417. The Hall–Kier alpha value is -2.57. The number of carbonyl (C=O) groups excluding carboxylic acids is 2. The molecule has 3 N–H and O–H groups in total. The van der Waals surface area contributed by atoms with Gasteiger partial charge in [-0.15, -0.1) is 0 Å². The van der Waals surface area contributed by atoms with Crippen molar-refractivity contribution < 1.29 is 14.3 Å². The third-order valence-corrected chi connectivity index (χ3v) is 5.83. The molecule has 0 aliphatic carbocycles. The van der Waals surface area contributed by atoms with Crippen LogP contribution in [-0.2, 0) is 16.0 Å². The van der Waals surface area contributed by atoms with Crippen LogP contribution in [0.2, 0.25) is 5.02 Å². The Bertz CT molecular complexity index is 847. The summed E-state index contributed by atoms with van der Waals surface area (Å²) in [6.45, 7) is 3.28. The van der Waals surface area contributed by atoms with E-state index in [1.807, 2.05) is 24.3 Å². The van der Waals surface area contributed by atoms with Crippen molar-refractivity contribution in [1.29, 1.82) is 0 Å². The molecule has 1 heterocycles. The van der Waals surface area contributed by atoms with Gasteiger partial charge in [0, 0.05) is 29.6 Å². The lowest BCUT2D eigenvalue weighted by atomic mass is 9.96. The maximum Gasteiger partial charge on any atom is 0.224 e. The van der Waals surface area contributed by atoms with Gasteiger partial charge in [0.1, 0.15) is 5.75 Å². The number of hydrogen-bond donors (Lipinski definition) is 2. The second-order valence-corrected chi connectivity index (χ2v) is 8.36. The Labute approximate surface area is 188 Å². The number of nitrogens with one attached hydrogen (secondary N) is 1. The number of nitrogens with two attached hydrogens (primary N) is 1. The van der Waals surface area contributed by atoms with Gasteiger partial charge in [0.15, 0.2) is 0 Å². The average molecular weight is 444 g/mol. The van der Waals surface area contributed by atoms with Crippen LogP contribution in [0.5, 0.6) is 5.75 Å². The Morgan fingerprint density at radius 1 is 1.06 bits per heavy atom. The highest BCUT2D eigenvalue weighted by Crippen LogP contribution is 2.18. The smallest absolute Gasteiger partial charge is 0.224 e. The summed E-state index contributed by atoms with van der Waals surface area (Å²) in [5.74, 6) is 0.580. The Morgan fingerprint density at radius 3 is 2.39 bits per heavy atom. The van der Waals surface area contributed by atoms with Crippen LogP contribution in [0.3, 0.4) is 0 Å². The first-order valence-electron chi connectivity index (χ1n) is 10.8. The molecule has 1 fully saturated rings. The first-order chi connectivity index (χ1) is 15.0. The van der Waals surface area contributed by atoms with Gasteiger partial charge in [0.2, 0.25) is 11.8 Å². The van der Waals surface area contributed by atoms with E-state index in [1.165, 1.54) is 5.56 Å². The molecule has 1 saturated heterocycles. The number of anilines is 1. The molecule has 0 radical (unpaired) electrons. The summed E-state index contributed by atoms with van der Waals surface area (Å²) in [4.78, 5) is 25.8. The van der Waals surface area contributed by atoms with Crippen molar-refractivity contribution in [3.8, 4) is 5.75 Å². The lowest BCUT2D eigenvalue weighted by Crippen LogP contribution is -2.39. The van der Waals surface area contributed by atoms with Crippen LogP contribution in [0, 0.1) is 5.92 Å². The Balaban J connectivity index is 1.32. The molecule has 6 nitrogen and oxygen atoms in total. The van der Waals surface area contributed by atoms with E-state index in [1.54, 1.807) is 12.1 Å². The molecule has 0 saturated carbocycles. The van der Waals surface area contributed by atoms with Crippen LogP contribution < -0.4 is 15.8 Å². The van der Waals surface area contributed by atoms with Crippen LogP contribution in [0.25, 0.3) is 0 Å². The van der Waals surface area contributed by atoms with Crippen molar-refractivity contribution >= 4 is 29.1 Å². The number of rotatable bonds is 10. The van der Waals surface area contributed by atoms with Gasteiger partial charge in [-0.1, -0.05) is 23.7 Å². The van der Waals surface area contributed by atoms with Crippen molar-refractivity contribution in [2.24, 2.45) is 11.7 Å². The topological polar surface area (TPSA) is 84.7 Å². The van der Waals surface area contributed by atoms with Gasteiger partial charge in [-0.3, -0.25) is 9.59 Å². The van der Waals surface area contributed by atoms with Gasteiger partial charge in [-0.25, -0.2) is 0 Å². The van der Waals surface area contributed by atoms with E-state index < -0.39 is 0 Å². The maximum absolute atomic E-state index is 12.1. The van der Waals surface area contributed by atoms with E-state index >= 15 is 0 Å². The van der Waals surface area contributed by atoms with E-state index in [9.17, 15) is 9.59 Å². The fourth-order valence-electron chi connectivity index (χ4n) is 3.66. The summed E-state index contributed by atoms with van der Waals surface area (Å²) in [6.07, 6.45) is 3.68. The molecule has 0 spiro atoms. The van der Waals surface area contributed by atoms with Gasteiger partial charge in [-0.2, -0.15) is 0 Å². The summed E-state index contributed by atoms with van der Waals surface area (Å²) in [6, 6.07) is 15.2. The number of nitrogens with zero attached hydrogens (tertiary/aromatic N) is 1. The van der Waals surface area contributed by atoms with Gasteiger partial charge in [0.05, 0.1) is 6.61 Å². The number of amides is 2. The van der Waals surface area contributed by atoms with E-state index in [2.05, 4.69) is 22.3 Å². The Morgan fingerprint density at radius 2 is 1.74 bits per heavy atom. The number of benzene rings is 2. The number of halogens is 1. The number of hydrogen-bond acceptors (Lipinski definition) is 4. The summed E-state index contributed by atoms with van der Waals surface area (Å²) in [5.41, 5.74) is 7.42. The maximum atomic E-state index is 12.1. The van der Waals surface area contributed by atoms with Crippen LogP contribution in [-0.4, -0.2) is 43.0 Å².